The van der Waals surface area contributed by atoms with Crippen LogP contribution in [0.5, 0.6) is 0 Å². The molecule has 0 saturated heterocycles. The molecule has 16 heavy (non-hydrogen) atoms. The Kier molecular flexibility index (Phi) is 4.18. The van der Waals surface area contributed by atoms with Gasteiger partial charge in [0.25, 0.3) is 0 Å². The number of aromatic nitrogens is 2. The summed E-state index contributed by atoms with van der Waals surface area (Å²) in [7, 11) is 1.25. The molecule has 0 aliphatic carbocycles. The van der Waals surface area contributed by atoms with E-state index in [0.29, 0.717) is 5.82 Å². The van der Waals surface area contributed by atoms with Crippen molar-refractivity contribution in [2.75, 3.05) is 12.9 Å². The van der Waals surface area contributed by atoms with Gasteiger partial charge in [0.2, 0.25) is 0 Å². The predicted molar refractivity (Wildman–Crippen MR) is 56.2 cm³/mol. The third-order valence-corrected chi connectivity index (χ3v) is 2.56. The summed E-state index contributed by atoms with van der Waals surface area (Å²) in [6, 6.07) is 0. The Morgan fingerprint density at radius 2 is 2.38 bits per heavy atom. The summed E-state index contributed by atoms with van der Waals surface area (Å²) in [5, 5.41) is 10.8. The van der Waals surface area contributed by atoms with Crippen molar-refractivity contribution in [3.05, 3.63) is 22.1 Å². The summed E-state index contributed by atoms with van der Waals surface area (Å²) in [6.07, 6.45) is 1.13. The third-order valence-electron chi connectivity index (χ3n) is 1.61. The minimum Gasteiger partial charge on any atom is -0.468 e. The van der Waals surface area contributed by atoms with E-state index in [0.717, 1.165) is 18.0 Å². The van der Waals surface area contributed by atoms with E-state index in [9.17, 15) is 14.9 Å². The molecule has 1 rings (SSSR count). The summed E-state index contributed by atoms with van der Waals surface area (Å²) in [5.74, 6) is -0.0677. The zero-order chi connectivity index (χ0) is 12.1. The van der Waals surface area contributed by atoms with Crippen molar-refractivity contribution < 1.29 is 14.5 Å². The quantitative estimate of drug-likeness (QED) is 0.255. The molecule has 86 valence electrons. The van der Waals surface area contributed by atoms with Crippen LogP contribution in [0.25, 0.3) is 0 Å². The number of ether oxygens (including phenoxy) is 1. The fraction of sp³-hybridized carbons (Fsp3) is 0.375. The van der Waals surface area contributed by atoms with Gasteiger partial charge in [-0.2, -0.15) is 0 Å². The monoisotopic (exact) mass is 243 g/mol. The van der Waals surface area contributed by atoms with E-state index in [2.05, 4.69) is 14.7 Å². The first-order valence-electron chi connectivity index (χ1n) is 4.22. The fourth-order valence-electron chi connectivity index (χ4n) is 0.861. The van der Waals surface area contributed by atoms with Gasteiger partial charge in [-0.3, -0.25) is 14.9 Å². The standard InChI is InChI=1S/C8H9N3O4S/c1-5-9-3-6(11(13)14)8(10-5)16-4-7(12)15-2/h3H,4H2,1-2H3. The molecular weight excluding hydrogens is 234 g/mol. The first-order chi connectivity index (χ1) is 7.54. The van der Waals surface area contributed by atoms with E-state index in [1.807, 2.05) is 0 Å². The van der Waals surface area contributed by atoms with Crippen molar-refractivity contribution in [1.82, 2.24) is 9.97 Å². The molecule has 1 aromatic heterocycles. The Morgan fingerprint density at radius 1 is 1.69 bits per heavy atom. The van der Waals surface area contributed by atoms with Gasteiger partial charge < -0.3 is 4.74 Å². The maximum atomic E-state index is 10.9. The number of carbonyl (C=O) groups is 1. The van der Waals surface area contributed by atoms with E-state index < -0.39 is 10.9 Å². The number of aryl methyl sites for hydroxylation is 1. The van der Waals surface area contributed by atoms with Crippen molar-refractivity contribution in [2.24, 2.45) is 0 Å². The summed E-state index contributed by atoms with van der Waals surface area (Å²) in [6.45, 7) is 1.62. The number of thioether (sulfide) groups is 1. The van der Waals surface area contributed by atoms with Gasteiger partial charge in [-0.05, 0) is 6.92 Å². The minimum absolute atomic E-state index is 0.0200. The Morgan fingerprint density at radius 3 is 2.94 bits per heavy atom. The minimum atomic E-state index is -0.584. The fourth-order valence-corrected chi connectivity index (χ4v) is 1.70. The number of nitrogens with zero attached hydrogens (tertiary/aromatic N) is 3. The van der Waals surface area contributed by atoms with Crippen molar-refractivity contribution in [3.8, 4) is 0 Å². The molecule has 1 aromatic rings. The Balaban J connectivity index is 2.88. The van der Waals surface area contributed by atoms with E-state index in [-0.39, 0.29) is 16.5 Å². The van der Waals surface area contributed by atoms with Crippen LogP contribution in [0.15, 0.2) is 11.2 Å². The van der Waals surface area contributed by atoms with Crippen LogP contribution >= 0.6 is 11.8 Å². The molecule has 0 amide bonds. The van der Waals surface area contributed by atoms with Crippen molar-refractivity contribution in [2.45, 2.75) is 11.9 Å². The molecule has 1 heterocycles. The molecule has 0 radical (unpaired) electrons. The molecule has 7 nitrogen and oxygen atoms in total. The van der Waals surface area contributed by atoms with Crippen LogP contribution < -0.4 is 0 Å². The van der Waals surface area contributed by atoms with Gasteiger partial charge in [0.05, 0.1) is 17.8 Å². The Bertz CT molecular complexity index is 424. The first-order valence-corrected chi connectivity index (χ1v) is 5.20. The summed E-state index contributed by atoms with van der Waals surface area (Å²) < 4.78 is 4.43. The van der Waals surface area contributed by atoms with Crippen molar-refractivity contribution >= 4 is 23.4 Å². The summed E-state index contributed by atoms with van der Waals surface area (Å²) in [5.41, 5.74) is -0.209. The van der Waals surface area contributed by atoms with Gasteiger partial charge in [0.1, 0.15) is 12.0 Å². The highest BCUT2D eigenvalue weighted by molar-refractivity contribution is 8.00. The van der Waals surface area contributed by atoms with Gasteiger partial charge in [0.15, 0.2) is 5.03 Å². The molecule has 0 aromatic carbocycles. The maximum absolute atomic E-state index is 10.9. The van der Waals surface area contributed by atoms with Crippen LogP contribution in [-0.2, 0) is 9.53 Å². The lowest BCUT2D eigenvalue weighted by atomic mass is 10.5. The SMILES string of the molecule is COC(=O)CSc1nc(C)ncc1[N+](=O)[O-]. The normalized spacial score (nSPS) is 9.88. The third kappa shape index (κ3) is 3.16. The smallest absolute Gasteiger partial charge is 0.319 e. The second-order valence-electron chi connectivity index (χ2n) is 2.73. The zero-order valence-corrected chi connectivity index (χ0v) is 9.48. The molecule has 0 atom stereocenters. The Hall–Kier alpha value is -1.70. The second-order valence-corrected chi connectivity index (χ2v) is 3.69. The molecule has 8 heteroatoms. The highest BCUT2D eigenvalue weighted by atomic mass is 32.2. The van der Waals surface area contributed by atoms with Crippen LogP contribution in [0.3, 0.4) is 0 Å². The number of carbonyl (C=O) groups excluding carboxylic acids is 1. The lowest BCUT2D eigenvalue weighted by Gasteiger charge is -2.01. The molecule has 0 aliphatic heterocycles. The highest BCUT2D eigenvalue weighted by Gasteiger charge is 2.17. The van der Waals surface area contributed by atoms with Gasteiger partial charge in [0, 0.05) is 0 Å². The van der Waals surface area contributed by atoms with Crippen LogP contribution in [0, 0.1) is 17.0 Å². The van der Waals surface area contributed by atoms with Crippen LogP contribution in [0.2, 0.25) is 0 Å². The van der Waals surface area contributed by atoms with E-state index in [1.54, 1.807) is 6.92 Å². The number of rotatable bonds is 4. The van der Waals surface area contributed by atoms with Gasteiger partial charge >= 0.3 is 11.7 Å². The summed E-state index contributed by atoms with van der Waals surface area (Å²) in [4.78, 5) is 28.6. The van der Waals surface area contributed by atoms with Crippen molar-refractivity contribution in [1.29, 1.82) is 0 Å². The Labute approximate surface area is 95.4 Å². The zero-order valence-electron chi connectivity index (χ0n) is 8.67. The van der Waals surface area contributed by atoms with E-state index in [4.69, 9.17) is 0 Å². The number of esters is 1. The van der Waals surface area contributed by atoms with Crippen LogP contribution in [0.4, 0.5) is 5.69 Å². The maximum Gasteiger partial charge on any atom is 0.319 e. The summed E-state index contributed by atoms with van der Waals surface area (Å²) >= 11 is 0.955. The van der Waals surface area contributed by atoms with E-state index in [1.165, 1.54) is 7.11 Å². The highest BCUT2D eigenvalue weighted by Crippen LogP contribution is 2.25. The predicted octanol–water partition coefficient (Wildman–Crippen LogP) is 0.958. The number of nitro groups is 1. The molecule has 0 aliphatic rings. The first kappa shape index (κ1) is 12.4. The number of hydrogen-bond donors (Lipinski definition) is 0. The molecule has 0 saturated carbocycles. The molecule has 0 spiro atoms. The average Bonchev–Trinajstić information content (AvgIpc) is 2.25. The lowest BCUT2D eigenvalue weighted by molar-refractivity contribution is -0.388. The largest absolute Gasteiger partial charge is 0.468 e. The molecule has 0 unspecified atom stereocenters. The molecule has 0 bridgehead atoms. The molecule has 0 N–H and O–H groups in total. The molecule has 0 fully saturated rings. The van der Waals surface area contributed by atoms with Gasteiger partial charge in [-0.25, -0.2) is 9.97 Å². The lowest BCUT2D eigenvalue weighted by Crippen LogP contribution is -2.05. The number of hydrogen-bond acceptors (Lipinski definition) is 7. The van der Waals surface area contributed by atoms with Gasteiger partial charge in [-0.1, -0.05) is 11.8 Å². The van der Waals surface area contributed by atoms with Crippen LogP contribution in [-0.4, -0.2) is 33.7 Å². The topological polar surface area (TPSA) is 95.2 Å². The number of methoxy groups -OCH3 is 1. The average molecular weight is 243 g/mol. The van der Waals surface area contributed by atoms with Gasteiger partial charge in [-0.15, -0.1) is 0 Å². The van der Waals surface area contributed by atoms with Crippen LogP contribution in [0.1, 0.15) is 5.82 Å². The molecular formula is C8H9N3O4S. The second kappa shape index (κ2) is 5.40. The van der Waals surface area contributed by atoms with E-state index >= 15 is 0 Å². The van der Waals surface area contributed by atoms with Crippen molar-refractivity contribution in [3.63, 3.8) is 0 Å².